The maximum absolute atomic E-state index is 13.0. The monoisotopic (exact) mass is 398 g/mol. The maximum atomic E-state index is 13.0. The molecule has 2 fully saturated rings. The Morgan fingerprint density at radius 1 is 1.17 bits per heavy atom. The van der Waals surface area contributed by atoms with Crippen molar-refractivity contribution in [1.82, 2.24) is 19.6 Å². The van der Waals surface area contributed by atoms with Crippen molar-refractivity contribution in [1.29, 1.82) is 0 Å². The average molecular weight is 398 g/mol. The number of nitrogens with one attached hydrogen (secondary N) is 1. The second-order valence-corrected chi connectivity index (χ2v) is 8.00. The number of piperidine rings is 2. The smallest absolute Gasteiger partial charge is 0.271 e. The molecule has 0 saturated carbocycles. The maximum Gasteiger partial charge on any atom is 0.271 e. The van der Waals surface area contributed by atoms with Gasteiger partial charge in [-0.1, -0.05) is 18.2 Å². The lowest BCUT2D eigenvalue weighted by Gasteiger charge is -2.47. The van der Waals surface area contributed by atoms with E-state index in [0.29, 0.717) is 44.6 Å². The van der Waals surface area contributed by atoms with Crippen molar-refractivity contribution >= 4 is 11.8 Å². The van der Waals surface area contributed by atoms with Gasteiger partial charge in [-0.25, -0.2) is 4.68 Å². The zero-order valence-corrected chi connectivity index (χ0v) is 16.8. The van der Waals surface area contributed by atoms with Crippen LogP contribution in [-0.2, 0) is 9.53 Å². The molecule has 1 spiro atoms. The second-order valence-electron chi connectivity index (χ2n) is 8.00. The highest BCUT2D eigenvalue weighted by Gasteiger charge is 2.48. The van der Waals surface area contributed by atoms with E-state index in [4.69, 9.17) is 4.74 Å². The lowest BCUT2D eigenvalue weighted by atomic mass is 9.71. The number of hydrogen-bond donors (Lipinski definition) is 1. The van der Waals surface area contributed by atoms with Crippen molar-refractivity contribution in [3.05, 3.63) is 52.4 Å². The Labute approximate surface area is 169 Å². The third-order valence-electron chi connectivity index (χ3n) is 6.20. The van der Waals surface area contributed by atoms with E-state index < -0.39 is 5.41 Å². The van der Waals surface area contributed by atoms with Crippen LogP contribution in [0.15, 0.2) is 41.2 Å². The number of aromatic nitrogens is 2. The van der Waals surface area contributed by atoms with E-state index in [1.54, 1.807) is 29.0 Å². The minimum absolute atomic E-state index is 0.0243. The average Bonchev–Trinajstić information content (AvgIpc) is 3.14. The fourth-order valence-electron chi connectivity index (χ4n) is 4.54. The van der Waals surface area contributed by atoms with Gasteiger partial charge in [0.25, 0.3) is 11.5 Å². The quantitative estimate of drug-likeness (QED) is 0.843. The first-order valence-electron chi connectivity index (χ1n) is 9.89. The number of carbonyl (C=O) groups is 2. The Balaban J connectivity index is 1.49. The number of rotatable bonds is 3. The molecule has 0 radical (unpaired) electrons. The molecule has 0 bridgehead atoms. The van der Waals surface area contributed by atoms with Gasteiger partial charge in [0, 0.05) is 39.9 Å². The van der Waals surface area contributed by atoms with Crippen LogP contribution in [0.5, 0.6) is 0 Å². The summed E-state index contributed by atoms with van der Waals surface area (Å²) in [7, 11) is 3.48. The van der Waals surface area contributed by atoms with Crippen LogP contribution in [0.3, 0.4) is 0 Å². The van der Waals surface area contributed by atoms with Crippen molar-refractivity contribution in [3.8, 4) is 5.69 Å². The summed E-state index contributed by atoms with van der Waals surface area (Å²) < 4.78 is 6.88. The molecule has 2 aliphatic rings. The molecule has 2 aromatic rings. The molecule has 1 atom stereocenters. The number of likely N-dealkylation sites (N-methyl/N-ethyl adjacent to an activating group) is 1. The third-order valence-corrected chi connectivity index (χ3v) is 6.20. The highest BCUT2D eigenvalue weighted by molar-refractivity contribution is 5.92. The van der Waals surface area contributed by atoms with Gasteiger partial charge in [0.2, 0.25) is 5.91 Å². The predicted octanol–water partition coefficient (Wildman–Crippen LogP) is 1.27. The number of aromatic amines is 1. The summed E-state index contributed by atoms with van der Waals surface area (Å²) in [5, 5.41) is 2.92. The fourth-order valence-corrected chi connectivity index (χ4v) is 4.54. The second kappa shape index (κ2) is 7.51. The number of likely N-dealkylation sites (tertiary alicyclic amines) is 2. The van der Waals surface area contributed by atoms with Crippen LogP contribution >= 0.6 is 0 Å². The lowest BCUT2D eigenvalue weighted by Crippen LogP contribution is -2.57. The van der Waals surface area contributed by atoms with E-state index in [9.17, 15) is 14.4 Å². The molecule has 4 rings (SSSR count). The number of hydrogen-bond acceptors (Lipinski definition) is 4. The summed E-state index contributed by atoms with van der Waals surface area (Å²) in [5.41, 5.74) is 0.195. The molecule has 3 heterocycles. The number of nitrogens with zero attached hydrogens (tertiary/aromatic N) is 3. The van der Waals surface area contributed by atoms with Gasteiger partial charge in [-0.3, -0.25) is 19.5 Å². The van der Waals surface area contributed by atoms with Crippen molar-refractivity contribution in [2.45, 2.75) is 25.4 Å². The van der Waals surface area contributed by atoms with Gasteiger partial charge in [0.15, 0.2) is 0 Å². The van der Waals surface area contributed by atoms with Gasteiger partial charge >= 0.3 is 0 Å². The van der Waals surface area contributed by atoms with E-state index in [-0.39, 0.29) is 29.2 Å². The zero-order valence-electron chi connectivity index (χ0n) is 16.8. The topological polar surface area (TPSA) is 87.6 Å². The molecule has 2 aliphatic heterocycles. The molecule has 29 heavy (non-hydrogen) atoms. The minimum atomic E-state index is -0.464. The predicted molar refractivity (Wildman–Crippen MR) is 107 cm³/mol. The summed E-state index contributed by atoms with van der Waals surface area (Å²) in [4.78, 5) is 41.6. The molecule has 8 heteroatoms. The van der Waals surface area contributed by atoms with E-state index in [2.05, 4.69) is 5.10 Å². The van der Waals surface area contributed by atoms with Crippen molar-refractivity contribution in [3.63, 3.8) is 0 Å². The first-order valence-corrected chi connectivity index (χ1v) is 9.89. The molecular weight excluding hydrogens is 372 g/mol. The Kier molecular flexibility index (Phi) is 5.04. The number of H-pyrrole nitrogens is 1. The highest BCUT2D eigenvalue weighted by atomic mass is 16.5. The van der Waals surface area contributed by atoms with Crippen molar-refractivity contribution < 1.29 is 14.3 Å². The van der Waals surface area contributed by atoms with Crippen molar-refractivity contribution in [2.24, 2.45) is 5.41 Å². The minimum Gasteiger partial charge on any atom is -0.380 e. The van der Waals surface area contributed by atoms with E-state index in [0.717, 1.165) is 0 Å². The molecule has 1 unspecified atom stereocenters. The van der Waals surface area contributed by atoms with Gasteiger partial charge < -0.3 is 14.5 Å². The number of ether oxygens (including phenoxy) is 1. The van der Waals surface area contributed by atoms with Crippen LogP contribution < -0.4 is 5.56 Å². The molecule has 1 aromatic carbocycles. The molecule has 2 amide bonds. The SMILES string of the molecule is COC1CN(C)C(=O)C2(CCN(C(=O)c3cc(=O)n(-c4ccccc4)[nH]3)CC2)C1. The van der Waals surface area contributed by atoms with Crippen LogP contribution in [0.4, 0.5) is 0 Å². The van der Waals surface area contributed by atoms with Crippen molar-refractivity contribution in [2.75, 3.05) is 33.8 Å². The summed E-state index contributed by atoms with van der Waals surface area (Å²) in [6.45, 7) is 1.56. The van der Waals surface area contributed by atoms with Crippen LogP contribution in [0.25, 0.3) is 5.69 Å². The van der Waals surface area contributed by atoms with Crippen LogP contribution in [-0.4, -0.2) is 71.3 Å². The summed E-state index contributed by atoms with van der Waals surface area (Å²) in [5.74, 6) is -0.0759. The molecule has 154 valence electrons. The van der Waals surface area contributed by atoms with Gasteiger partial charge in [-0.05, 0) is 31.4 Å². The van der Waals surface area contributed by atoms with Gasteiger partial charge in [-0.15, -0.1) is 0 Å². The first-order chi connectivity index (χ1) is 13.9. The number of benzene rings is 1. The van der Waals surface area contributed by atoms with Crippen LogP contribution in [0.1, 0.15) is 29.8 Å². The largest absolute Gasteiger partial charge is 0.380 e. The fraction of sp³-hybridized carbons (Fsp3) is 0.476. The highest BCUT2D eigenvalue weighted by Crippen LogP contribution is 2.41. The summed E-state index contributed by atoms with van der Waals surface area (Å²) >= 11 is 0. The Morgan fingerprint density at radius 3 is 2.52 bits per heavy atom. The van der Waals surface area contributed by atoms with E-state index >= 15 is 0 Å². The standard InChI is InChI=1S/C21H26N4O4/c1-23-14-16(29-2)13-21(20(23)28)8-10-24(11-9-21)19(27)17-12-18(26)25(22-17)15-6-4-3-5-7-15/h3-7,12,16,22H,8-11,13-14H2,1-2H3. The van der Waals surface area contributed by atoms with E-state index in [1.165, 1.54) is 10.7 Å². The van der Waals surface area contributed by atoms with Gasteiger partial charge in [0.1, 0.15) is 5.69 Å². The van der Waals surface area contributed by atoms with Crippen LogP contribution in [0.2, 0.25) is 0 Å². The molecule has 1 N–H and O–H groups in total. The molecule has 8 nitrogen and oxygen atoms in total. The van der Waals surface area contributed by atoms with Crippen LogP contribution in [0, 0.1) is 5.41 Å². The normalized spacial score (nSPS) is 21.6. The van der Waals surface area contributed by atoms with Gasteiger partial charge in [0.05, 0.1) is 17.2 Å². The number of methoxy groups -OCH3 is 1. The Morgan fingerprint density at radius 2 is 1.86 bits per heavy atom. The van der Waals surface area contributed by atoms with Gasteiger partial charge in [-0.2, -0.15) is 0 Å². The summed E-state index contributed by atoms with van der Waals surface area (Å²) in [6.07, 6.45) is 1.92. The number of carbonyl (C=O) groups excluding carboxylic acids is 2. The van der Waals surface area contributed by atoms with E-state index in [1.807, 2.05) is 25.2 Å². The lowest BCUT2D eigenvalue weighted by molar-refractivity contribution is -0.155. The number of para-hydroxylation sites is 1. The molecular formula is C21H26N4O4. The zero-order chi connectivity index (χ0) is 20.6. The Bertz CT molecular complexity index is 957. The molecule has 1 aromatic heterocycles. The first kappa shape index (κ1) is 19.4. The third kappa shape index (κ3) is 3.48. The Hall–Kier alpha value is -2.87. The molecule has 2 saturated heterocycles. The number of amides is 2. The molecule has 0 aliphatic carbocycles. The summed E-state index contributed by atoms with van der Waals surface area (Å²) in [6, 6.07) is 10.5.